The molecule has 1 aliphatic rings. The van der Waals surface area contributed by atoms with E-state index in [1.807, 2.05) is 30.7 Å². The third kappa shape index (κ3) is 4.54. The Hall–Kier alpha value is -2.11. The largest absolute Gasteiger partial charge is 0.381 e. The van der Waals surface area contributed by atoms with Gasteiger partial charge in [0.05, 0.1) is 5.25 Å². The maximum Gasteiger partial charge on any atom is 0.275 e. The van der Waals surface area contributed by atoms with Crippen molar-refractivity contribution in [2.75, 3.05) is 13.2 Å². The number of nitrogens with zero attached hydrogens (tertiary/aromatic N) is 2. The van der Waals surface area contributed by atoms with Crippen molar-refractivity contribution >= 4 is 22.0 Å². The van der Waals surface area contributed by atoms with Crippen molar-refractivity contribution < 1.29 is 17.9 Å². The van der Waals surface area contributed by atoms with E-state index in [0.29, 0.717) is 26.1 Å². The molecule has 8 heteroatoms. The summed E-state index contributed by atoms with van der Waals surface area (Å²) in [4.78, 5) is 12.3. The second kappa shape index (κ2) is 8.52. The molecule has 0 atom stereocenters. The van der Waals surface area contributed by atoms with Crippen LogP contribution in [0.4, 0.5) is 0 Å². The maximum absolute atomic E-state index is 12.4. The van der Waals surface area contributed by atoms with Crippen LogP contribution in [-0.2, 0) is 26.1 Å². The molecular formula is C18H25N3O4S. The molecule has 1 aromatic heterocycles. The first-order valence-corrected chi connectivity index (χ1v) is 10.3. The van der Waals surface area contributed by atoms with E-state index in [1.54, 1.807) is 0 Å². The van der Waals surface area contributed by atoms with Gasteiger partial charge in [-0.05, 0) is 50.8 Å². The number of aromatic nitrogens is 1. The molecule has 2 rings (SSSR count). The van der Waals surface area contributed by atoms with Crippen molar-refractivity contribution in [1.29, 1.82) is 5.26 Å². The summed E-state index contributed by atoms with van der Waals surface area (Å²) < 4.78 is 34.0. The Morgan fingerprint density at radius 2 is 2.08 bits per heavy atom. The zero-order valence-electron chi connectivity index (χ0n) is 15.4. The topological polar surface area (TPSA) is 101 Å². The van der Waals surface area contributed by atoms with Crippen molar-refractivity contribution in [3.8, 4) is 6.07 Å². The lowest BCUT2D eigenvalue weighted by Crippen LogP contribution is -2.41. The van der Waals surface area contributed by atoms with Crippen LogP contribution in [0.2, 0.25) is 0 Å². The SMILES string of the molecule is CCCn1c(C)cc(C=C(C#N)C(=O)NS(=O)(=O)C2CCOCC2)c1C. The number of hydrogen-bond acceptors (Lipinski definition) is 5. The third-order valence-corrected chi connectivity index (χ3v) is 6.39. The number of ether oxygens (including phenoxy) is 1. The molecule has 0 saturated carbocycles. The van der Waals surface area contributed by atoms with Gasteiger partial charge in [0.25, 0.3) is 5.91 Å². The van der Waals surface area contributed by atoms with E-state index in [9.17, 15) is 18.5 Å². The normalized spacial score (nSPS) is 16.3. The Balaban J connectivity index is 2.22. The van der Waals surface area contributed by atoms with Crippen molar-refractivity contribution in [2.24, 2.45) is 0 Å². The Labute approximate surface area is 154 Å². The fraction of sp³-hybridized carbons (Fsp3) is 0.556. The van der Waals surface area contributed by atoms with Crippen molar-refractivity contribution in [3.63, 3.8) is 0 Å². The monoisotopic (exact) mass is 379 g/mol. The van der Waals surface area contributed by atoms with Gasteiger partial charge in [-0.25, -0.2) is 13.1 Å². The highest BCUT2D eigenvalue weighted by atomic mass is 32.2. The molecule has 0 spiro atoms. The van der Waals surface area contributed by atoms with E-state index in [-0.39, 0.29) is 5.57 Å². The van der Waals surface area contributed by atoms with Gasteiger partial charge in [0, 0.05) is 31.1 Å². The number of amides is 1. The third-order valence-electron chi connectivity index (χ3n) is 4.57. The minimum absolute atomic E-state index is 0.225. The highest BCUT2D eigenvalue weighted by Gasteiger charge is 2.30. The molecule has 2 heterocycles. The smallest absolute Gasteiger partial charge is 0.275 e. The van der Waals surface area contributed by atoms with E-state index in [2.05, 4.69) is 11.5 Å². The average molecular weight is 379 g/mol. The first kappa shape index (κ1) is 20.2. The zero-order valence-corrected chi connectivity index (χ0v) is 16.2. The van der Waals surface area contributed by atoms with Crippen LogP contribution >= 0.6 is 0 Å². The van der Waals surface area contributed by atoms with Gasteiger partial charge in [-0.2, -0.15) is 5.26 Å². The zero-order chi connectivity index (χ0) is 19.3. The van der Waals surface area contributed by atoms with Gasteiger partial charge in [-0.3, -0.25) is 4.79 Å². The quantitative estimate of drug-likeness (QED) is 0.602. The molecule has 1 saturated heterocycles. The molecule has 26 heavy (non-hydrogen) atoms. The Bertz CT molecular complexity index is 841. The van der Waals surface area contributed by atoms with Crippen LogP contribution in [0.1, 0.15) is 43.1 Å². The highest BCUT2D eigenvalue weighted by molar-refractivity contribution is 7.90. The molecule has 1 amide bonds. The van der Waals surface area contributed by atoms with E-state index in [4.69, 9.17) is 4.74 Å². The number of nitrogens with one attached hydrogen (secondary N) is 1. The summed E-state index contributed by atoms with van der Waals surface area (Å²) in [6, 6.07) is 3.71. The van der Waals surface area contributed by atoms with Gasteiger partial charge >= 0.3 is 0 Å². The minimum atomic E-state index is -3.83. The Kier molecular flexibility index (Phi) is 6.62. The number of carbonyl (C=O) groups is 1. The van der Waals surface area contributed by atoms with Crippen LogP contribution in [-0.4, -0.2) is 37.4 Å². The molecule has 1 aliphatic heterocycles. The molecular weight excluding hydrogens is 354 g/mol. The van der Waals surface area contributed by atoms with Crippen LogP contribution in [0.5, 0.6) is 0 Å². The van der Waals surface area contributed by atoms with Crippen LogP contribution < -0.4 is 4.72 Å². The van der Waals surface area contributed by atoms with Crippen molar-refractivity contribution in [2.45, 2.75) is 51.8 Å². The molecule has 0 aromatic carbocycles. The molecule has 0 radical (unpaired) electrons. The molecule has 0 unspecified atom stereocenters. The standard InChI is InChI=1S/C18H25N3O4S/c1-4-7-21-13(2)10-15(14(21)3)11-16(12-19)18(22)20-26(23,24)17-5-8-25-9-6-17/h10-11,17H,4-9H2,1-3H3,(H,20,22). The minimum Gasteiger partial charge on any atom is -0.381 e. The predicted octanol–water partition coefficient (Wildman–Crippen LogP) is 2.05. The van der Waals surface area contributed by atoms with Crippen LogP contribution in [0.25, 0.3) is 6.08 Å². The fourth-order valence-corrected chi connectivity index (χ4v) is 4.45. The first-order valence-electron chi connectivity index (χ1n) is 8.72. The van der Waals surface area contributed by atoms with Gasteiger partial charge in [0.2, 0.25) is 10.0 Å². The highest BCUT2D eigenvalue weighted by Crippen LogP contribution is 2.19. The lowest BCUT2D eigenvalue weighted by atomic mass is 10.1. The molecule has 1 fully saturated rings. The van der Waals surface area contributed by atoms with Gasteiger partial charge in [0.1, 0.15) is 11.6 Å². The molecule has 0 bridgehead atoms. The summed E-state index contributed by atoms with van der Waals surface area (Å²) in [6.45, 7) is 7.50. The number of carbonyl (C=O) groups excluding carboxylic acids is 1. The van der Waals surface area contributed by atoms with Crippen LogP contribution in [0, 0.1) is 25.2 Å². The van der Waals surface area contributed by atoms with Gasteiger partial charge in [-0.15, -0.1) is 0 Å². The van der Waals surface area contributed by atoms with E-state index in [0.717, 1.165) is 29.9 Å². The molecule has 0 aliphatic carbocycles. The lowest BCUT2D eigenvalue weighted by Gasteiger charge is -2.22. The average Bonchev–Trinajstić information content (AvgIpc) is 2.87. The number of sulfonamides is 1. The lowest BCUT2D eigenvalue weighted by molar-refractivity contribution is -0.115. The maximum atomic E-state index is 12.4. The molecule has 142 valence electrons. The van der Waals surface area contributed by atoms with Gasteiger partial charge < -0.3 is 9.30 Å². The number of nitriles is 1. The fourth-order valence-electron chi connectivity index (χ4n) is 3.10. The summed E-state index contributed by atoms with van der Waals surface area (Å²) in [5, 5.41) is 8.66. The second-order valence-electron chi connectivity index (χ2n) is 6.44. The summed E-state index contributed by atoms with van der Waals surface area (Å²) in [6.07, 6.45) is 3.09. The predicted molar refractivity (Wildman–Crippen MR) is 98.7 cm³/mol. The van der Waals surface area contributed by atoms with E-state index in [1.165, 1.54) is 6.08 Å². The number of rotatable bonds is 6. The van der Waals surface area contributed by atoms with E-state index < -0.39 is 21.2 Å². The van der Waals surface area contributed by atoms with Crippen molar-refractivity contribution in [1.82, 2.24) is 9.29 Å². The Morgan fingerprint density at radius 1 is 1.42 bits per heavy atom. The summed E-state index contributed by atoms with van der Waals surface area (Å²) in [5.74, 6) is -0.890. The molecule has 1 aromatic rings. The van der Waals surface area contributed by atoms with Crippen molar-refractivity contribution in [3.05, 3.63) is 28.6 Å². The summed E-state index contributed by atoms with van der Waals surface area (Å²) >= 11 is 0. The number of hydrogen-bond donors (Lipinski definition) is 1. The van der Waals surface area contributed by atoms with E-state index >= 15 is 0 Å². The van der Waals surface area contributed by atoms with Gasteiger partial charge in [-0.1, -0.05) is 6.92 Å². The van der Waals surface area contributed by atoms with Crippen LogP contribution in [0.15, 0.2) is 11.6 Å². The summed E-state index contributed by atoms with van der Waals surface area (Å²) in [5.41, 5.74) is 2.49. The summed E-state index contributed by atoms with van der Waals surface area (Å²) in [7, 11) is -3.83. The first-order chi connectivity index (χ1) is 12.3. The number of aryl methyl sites for hydroxylation is 1. The Morgan fingerprint density at radius 3 is 2.65 bits per heavy atom. The molecule has 7 nitrogen and oxygen atoms in total. The van der Waals surface area contributed by atoms with Crippen LogP contribution in [0.3, 0.4) is 0 Å². The molecule has 1 N–H and O–H groups in total. The second-order valence-corrected chi connectivity index (χ2v) is 8.40. The van der Waals surface area contributed by atoms with Gasteiger partial charge in [0.15, 0.2) is 0 Å².